The fourth-order valence-electron chi connectivity index (χ4n) is 6.54. The molecule has 1 heterocycles. The van der Waals surface area contributed by atoms with E-state index in [0.717, 1.165) is 40.8 Å². The van der Waals surface area contributed by atoms with Gasteiger partial charge in [-0.05, 0) is 84.8 Å². The van der Waals surface area contributed by atoms with Crippen molar-refractivity contribution in [2.24, 2.45) is 0 Å². The van der Waals surface area contributed by atoms with E-state index in [0.29, 0.717) is 46.9 Å². The van der Waals surface area contributed by atoms with Crippen LogP contribution >= 0.6 is 0 Å². The first kappa shape index (κ1) is 34.0. The quantitative estimate of drug-likeness (QED) is 0.134. The number of methoxy groups -OCH3 is 3. The summed E-state index contributed by atoms with van der Waals surface area (Å²) in [5, 5.41) is 9.06. The van der Waals surface area contributed by atoms with Gasteiger partial charge in [-0.15, -0.1) is 0 Å². The van der Waals surface area contributed by atoms with Crippen molar-refractivity contribution in [1.82, 2.24) is 15.3 Å². The van der Waals surface area contributed by atoms with Gasteiger partial charge in [-0.3, -0.25) is 14.4 Å². The van der Waals surface area contributed by atoms with Crippen LogP contribution in [0.3, 0.4) is 0 Å². The smallest absolute Gasteiger partial charge is 0.246 e. The van der Waals surface area contributed by atoms with Gasteiger partial charge < -0.3 is 35.1 Å². The maximum Gasteiger partial charge on any atom is 0.246 e. The van der Waals surface area contributed by atoms with Gasteiger partial charge in [-0.2, -0.15) is 0 Å². The van der Waals surface area contributed by atoms with E-state index >= 15 is 0 Å². The number of aryl methyl sites for hydroxylation is 3. The Morgan fingerprint density at radius 1 is 0.940 bits per heavy atom. The van der Waals surface area contributed by atoms with Crippen molar-refractivity contribution in [1.29, 1.82) is 0 Å². The molecule has 2 atom stereocenters. The Kier molecular flexibility index (Phi) is 10.0. The minimum atomic E-state index is -0.763. The van der Waals surface area contributed by atoms with Crippen LogP contribution in [0.2, 0.25) is 0 Å². The van der Waals surface area contributed by atoms with Crippen molar-refractivity contribution in [3.05, 3.63) is 106 Å². The highest BCUT2D eigenvalue weighted by Crippen LogP contribution is 2.50. The molecular weight excluding hydrogens is 634 g/mol. The van der Waals surface area contributed by atoms with Crippen molar-refractivity contribution in [2.45, 2.75) is 51.6 Å². The molecule has 1 aliphatic rings. The van der Waals surface area contributed by atoms with Crippen LogP contribution in [0.25, 0.3) is 22.2 Å². The summed E-state index contributed by atoms with van der Waals surface area (Å²) in [6, 6.07) is 21.5. The third-order valence-electron chi connectivity index (χ3n) is 8.97. The summed E-state index contributed by atoms with van der Waals surface area (Å²) < 4.78 is 17.1. The largest absolute Gasteiger partial charge is 0.493 e. The van der Waals surface area contributed by atoms with Gasteiger partial charge in [0.2, 0.25) is 23.0 Å². The molecule has 5 aromatic rings. The van der Waals surface area contributed by atoms with Crippen molar-refractivity contribution in [2.75, 3.05) is 32.0 Å². The minimum Gasteiger partial charge on any atom is -0.493 e. The monoisotopic (exact) mass is 675 g/mol. The van der Waals surface area contributed by atoms with E-state index < -0.39 is 12.1 Å². The molecule has 4 aromatic carbocycles. The molecule has 6 rings (SSSR count). The Hall–Kier alpha value is -5.84. The van der Waals surface area contributed by atoms with Crippen LogP contribution < -0.4 is 35.6 Å². The summed E-state index contributed by atoms with van der Waals surface area (Å²) in [7, 11) is 4.65. The van der Waals surface area contributed by atoms with Crippen LogP contribution in [-0.2, 0) is 28.9 Å². The Balaban J connectivity index is 1.26. The number of aromatic nitrogens is 2. The lowest BCUT2D eigenvalue weighted by Gasteiger charge is -2.19. The number of benzene rings is 3. The fraction of sp³-hybridized carbons (Fsp3) is 0.282. The van der Waals surface area contributed by atoms with E-state index in [4.69, 9.17) is 19.2 Å². The molecule has 0 bridgehead atoms. The number of aromatic amines is 1. The summed E-state index contributed by atoms with van der Waals surface area (Å²) in [4.78, 5) is 47.4. The third kappa shape index (κ3) is 7.12. The average molecular weight is 676 g/mol. The lowest BCUT2D eigenvalue weighted by Crippen LogP contribution is -2.33. The van der Waals surface area contributed by atoms with E-state index in [-0.39, 0.29) is 22.9 Å². The van der Waals surface area contributed by atoms with Crippen LogP contribution in [-0.4, -0.2) is 49.2 Å². The summed E-state index contributed by atoms with van der Waals surface area (Å²) in [5.74, 6) is 1.75. The van der Waals surface area contributed by atoms with E-state index in [9.17, 15) is 14.4 Å². The number of nitrogens with one attached hydrogen (secondary N) is 4. The number of hydrogen-bond donors (Lipinski definition) is 4. The number of carbonyl (C=O) groups is 2. The first-order valence-electron chi connectivity index (χ1n) is 16.6. The number of H-pyrrole nitrogens is 1. The maximum atomic E-state index is 13.7. The maximum absolute atomic E-state index is 13.7. The van der Waals surface area contributed by atoms with E-state index in [1.807, 2.05) is 48.5 Å². The first-order chi connectivity index (χ1) is 24.2. The van der Waals surface area contributed by atoms with Crippen molar-refractivity contribution in [3.63, 3.8) is 0 Å². The molecule has 258 valence electrons. The second-order valence-electron chi connectivity index (χ2n) is 12.4. The molecule has 2 amide bonds. The zero-order valence-corrected chi connectivity index (χ0v) is 28.8. The van der Waals surface area contributed by atoms with E-state index in [2.05, 4.69) is 33.1 Å². The van der Waals surface area contributed by atoms with E-state index in [1.54, 1.807) is 27.2 Å². The summed E-state index contributed by atoms with van der Waals surface area (Å²) in [6.07, 6.45) is 2.76. The molecule has 0 spiro atoms. The number of fused-ring (bicyclic) bond motifs is 4. The predicted molar refractivity (Wildman–Crippen MR) is 194 cm³/mol. The highest BCUT2D eigenvalue weighted by Gasteiger charge is 2.29. The summed E-state index contributed by atoms with van der Waals surface area (Å²) in [5.41, 5.74) is 6.40. The predicted octanol–water partition coefficient (Wildman–Crippen LogP) is 5.96. The molecule has 0 unspecified atom stereocenters. The average Bonchev–Trinajstić information content (AvgIpc) is 3.38. The standard InChI is InChI=1S/C39H41N5O6/c1-22(39(47)42-26-13-16-30-32(20-26)44-35(43-30)18-11-24-9-7-6-8-10-24)40-31-17-14-27-28(21-33(31)46)29(41-23(2)45)15-12-25-19-34(48-3)37(49-4)38(50-5)36(25)27/h6-10,13-14,16-17,19-22,29H,11-12,15,18H2,1-5H3,(H,40,46)(H,41,45)(H,42,47)(H,43,44)/t22-,29+/m0/s1. The number of ether oxygens (including phenoxy) is 3. The molecule has 0 radical (unpaired) electrons. The molecule has 11 heteroatoms. The number of anilines is 2. The van der Waals surface area contributed by atoms with Crippen molar-refractivity contribution in [3.8, 4) is 28.4 Å². The number of nitrogens with zero attached hydrogens (tertiary/aromatic N) is 1. The Bertz CT molecular complexity index is 2110. The van der Waals surface area contributed by atoms with Gasteiger partial charge in [-0.1, -0.05) is 36.4 Å². The second kappa shape index (κ2) is 14.7. The van der Waals surface area contributed by atoms with Crippen LogP contribution in [0.4, 0.5) is 11.4 Å². The van der Waals surface area contributed by atoms with Gasteiger partial charge in [0.25, 0.3) is 0 Å². The normalized spacial score (nSPS) is 14.1. The molecule has 0 saturated heterocycles. The lowest BCUT2D eigenvalue weighted by molar-refractivity contribution is -0.119. The highest BCUT2D eigenvalue weighted by molar-refractivity contribution is 5.97. The molecule has 11 nitrogen and oxygen atoms in total. The number of amides is 2. The SMILES string of the molecule is COc1cc2c(c(OC)c1OC)-c1ccc(N[C@@H](C)C(=O)Nc3ccc4nc(CCc5ccccc5)[nH]c4c3)c(=O)cc1[C@H](NC(C)=O)CC2. The number of carbonyl (C=O) groups excluding carboxylic acids is 2. The molecule has 0 saturated carbocycles. The molecule has 50 heavy (non-hydrogen) atoms. The van der Waals surface area contributed by atoms with Crippen molar-refractivity contribution >= 4 is 34.2 Å². The van der Waals surface area contributed by atoms with Gasteiger partial charge in [0.15, 0.2) is 11.5 Å². The van der Waals surface area contributed by atoms with Gasteiger partial charge in [0, 0.05) is 24.6 Å². The topological polar surface area (TPSA) is 144 Å². The van der Waals surface area contributed by atoms with Crippen molar-refractivity contribution < 1.29 is 23.8 Å². The summed E-state index contributed by atoms with van der Waals surface area (Å²) >= 11 is 0. The van der Waals surface area contributed by atoms with Crippen LogP contribution in [0.5, 0.6) is 17.2 Å². The van der Waals surface area contributed by atoms with Gasteiger partial charge >= 0.3 is 0 Å². The van der Waals surface area contributed by atoms with Crippen LogP contribution in [0, 0.1) is 0 Å². The zero-order chi connectivity index (χ0) is 35.4. The second-order valence-corrected chi connectivity index (χ2v) is 12.4. The lowest BCUT2D eigenvalue weighted by atomic mass is 9.95. The van der Waals surface area contributed by atoms with Crippen LogP contribution in [0.15, 0.2) is 77.6 Å². The third-order valence-corrected chi connectivity index (χ3v) is 8.97. The molecule has 0 aliphatic heterocycles. The van der Waals surface area contributed by atoms with Crippen LogP contribution in [0.1, 0.15) is 48.8 Å². The van der Waals surface area contributed by atoms with E-state index in [1.165, 1.54) is 25.7 Å². The van der Waals surface area contributed by atoms with Gasteiger partial charge in [0.05, 0.1) is 44.1 Å². The Morgan fingerprint density at radius 2 is 1.72 bits per heavy atom. The number of rotatable bonds is 11. The molecule has 1 aromatic heterocycles. The number of imidazole rings is 1. The Morgan fingerprint density at radius 3 is 2.44 bits per heavy atom. The fourth-order valence-corrected chi connectivity index (χ4v) is 6.54. The summed E-state index contributed by atoms with van der Waals surface area (Å²) in [6.45, 7) is 3.15. The molecule has 0 fully saturated rings. The highest BCUT2D eigenvalue weighted by atomic mass is 16.5. The number of hydrogen-bond acceptors (Lipinski definition) is 8. The Labute approximate surface area is 290 Å². The molecule has 4 N–H and O–H groups in total. The minimum absolute atomic E-state index is 0.214. The molecule has 1 aliphatic carbocycles. The molecular formula is C39H41N5O6. The van der Waals surface area contributed by atoms with Gasteiger partial charge in [-0.25, -0.2) is 4.98 Å². The first-order valence-corrected chi connectivity index (χ1v) is 16.6. The zero-order valence-electron chi connectivity index (χ0n) is 28.8. The van der Waals surface area contributed by atoms with Gasteiger partial charge in [0.1, 0.15) is 11.9 Å².